The molecule has 3 atom stereocenters. The van der Waals surface area contributed by atoms with Gasteiger partial charge >= 0.3 is 11.9 Å². The third-order valence-corrected chi connectivity index (χ3v) is 4.17. The number of para-hydroxylation sites is 1. The van der Waals surface area contributed by atoms with Crippen molar-refractivity contribution in [3.05, 3.63) is 30.3 Å². The van der Waals surface area contributed by atoms with Crippen LogP contribution in [0.2, 0.25) is 0 Å². The molecular formula is C23H36O5. The number of hydrogen-bond acceptors (Lipinski definition) is 5. The SMILES string of the molecule is CCC[C@H](OC(=O)[C@H](C)CC(=O)OC(C)(C)C)[C@H](Oc1ccccc1)C(C)C. The van der Waals surface area contributed by atoms with Crippen LogP contribution in [0, 0.1) is 11.8 Å². The maximum absolute atomic E-state index is 12.6. The molecule has 1 aromatic rings. The lowest BCUT2D eigenvalue weighted by Crippen LogP contribution is -2.41. The van der Waals surface area contributed by atoms with E-state index in [1.54, 1.807) is 27.7 Å². The van der Waals surface area contributed by atoms with Crippen molar-refractivity contribution in [2.45, 2.75) is 85.5 Å². The summed E-state index contributed by atoms with van der Waals surface area (Å²) in [6, 6.07) is 9.54. The number of rotatable bonds is 10. The van der Waals surface area contributed by atoms with Crippen molar-refractivity contribution >= 4 is 11.9 Å². The molecule has 1 rings (SSSR count). The van der Waals surface area contributed by atoms with Gasteiger partial charge in [0.05, 0.1) is 12.3 Å². The minimum atomic E-state index is -0.572. The maximum Gasteiger partial charge on any atom is 0.309 e. The molecule has 28 heavy (non-hydrogen) atoms. The van der Waals surface area contributed by atoms with Gasteiger partial charge in [-0.3, -0.25) is 9.59 Å². The Kier molecular flexibility index (Phi) is 9.50. The third-order valence-electron chi connectivity index (χ3n) is 4.17. The topological polar surface area (TPSA) is 61.8 Å². The molecule has 5 nitrogen and oxygen atoms in total. The average Bonchev–Trinajstić information content (AvgIpc) is 2.58. The molecule has 5 heteroatoms. The molecule has 0 fully saturated rings. The zero-order valence-corrected chi connectivity index (χ0v) is 18.4. The Balaban J connectivity index is 2.79. The third kappa shape index (κ3) is 8.77. The quantitative estimate of drug-likeness (QED) is 0.514. The number of carbonyl (C=O) groups excluding carboxylic acids is 2. The van der Waals surface area contributed by atoms with Gasteiger partial charge in [0.15, 0.2) is 0 Å². The molecule has 0 saturated carbocycles. The van der Waals surface area contributed by atoms with Gasteiger partial charge in [-0.25, -0.2) is 0 Å². The number of benzene rings is 1. The predicted molar refractivity (Wildman–Crippen MR) is 110 cm³/mol. The Morgan fingerprint density at radius 1 is 1.04 bits per heavy atom. The standard InChI is InChI=1S/C23H36O5/c1-8-12-19(21(16(2)3)26-18-13-10-9-11-14-18)27-22(25)17(4)15-20(24)28-23(5,6)7/h9-11,13-14,16-17,19,21H,8,12,15H2,1-7H3/t17-,19+,21-/m1/s1. The normalized spacial score (nSPS) is 14.9. The maximum atomic E-state index is 12.6. The first-order valence-corrected chi connectivity index (χ1v) is 10.2. The fraction of sp³-hybridized carbons (Fsp3) is 0.652. The Morgan fingerprint density at radius 2 is 1.64 bits per heavy atom. The second kappa shape index (κ2) is 11.1. The van der Waals surface area contributed by atoms with Crippen molar-refractivity contribution in [1.29, 1.82) is 0 Å². The minimum Gasteiger partial charge on any atom is -0.486 e. The lowest BCUT2D eigenvalue weighted by atomic mass is 9.97. The van der Waals surface area contributed by atoms with Crippen LogP contribution < -0.4 is 4.74 Å². The van der Waals surface area contributed by atoms with Crippen molar-refractivity contribution in [3.8, 4) is 5.75 Å². The van der Waals surface area contributed by atoms with E-state index >= 15 is 0 Å². The van der Waals surface area contributed by atoms with Crippen LogP contribution >= 0.6 is 0 Å². The van der Waals surface area contributed by atoms with Crippen molar-refractivity contribution in [1.82, 2.24) is 0 Å². The van der Waals surface area contributed by atoms with Crippen LogP contribution in [0.1, 0.15) is 67.7 Å². The van der Waals surface area contributed by atoms with Crippen LogP contribution in [-0.4, -0.2) is 29.7 Å². The van der Waals surface area contributed by atoms with Gasteiger partial charge < -0.3 is 14.2 Å². The van der Waals surface area contributed by atoms with Gasteiger partial charge in [-0.15, -0.1) is 0 Å². The summed E-state index contributed by atoms with van der Waals surface area (Å²) in [6.07, 6.45) is 0.917. The van der Waals surface area contributed by atoms with E-state index in [-0.39, 0.29) is 24.5 Å². The summed E-state index contributed by atoms with van der Waals surface area (Å²) in [5, 5.41) is 0. The number of carbonyl (C=O) groups is 2. The molecule has 158 valence electrons. The van der Waals surface area contributed by atoms with Gasteiger partial charge in [0, 0.05) is 0 Å². The van der Waals surface area contributed by atoms with E-state index in [2.05, 4.69) is 0 Å². The zero-order valence-electron chi connectivity index (χ0n) is 18.4. The fourth-order valence-electron chi connectivity index (χ4n) is 2.85. The highest BCUT2D eigenvalue weighted by Gasteiger charge is 2.32. The van der Waals surface area contributed by atoms with Gasteiger partial charge in [-0.2, -0.15) is 0 Å². The second-order valence-electron chi connectivity index (χ2n) is 8.60. The van der Waals surface area contributed by atoms with Gasteiger partial charge in [-0.05, 0) is 45.2 Å². The summed E-state index contributed by atoms with van der Waals surface area (Å²) in [4.78, 5) is 24.6. The van der Waals surface area contributed by atoms with E-state index in [0.29, 0.717) is 6.42 Å². The average molecular weight is 393 g/mol. The fourth-order valence-corrected chi connectivity index (χ4v) is 2.85. The van der Waals surface area contributed by atoms with Gasteiger partial charge in [0.2, 0.25) is 0 Å². The molecule has 0 aliphatic heterocycles. The number of hydrogen-bond donors (Lipinski definition) is 0. The summed E-state index contributed by atoms with van der Waals surface area (Å²) in [5.74, 6) is -0.457. The van der Waals surface area contributed by atoms with Crippen molar-refractivity contribution < 1.29 is 23.8 Å². The first-order valence-electron chi connectivity index (χ1n) is 10.2. The Labute approximate surface area is 169 Å². The van der Waals surface area contributed by atoms with E-state index < -0.39 is 23.5 Å². The summed E-state index contributed by atoms with van der Waals surface area (Å²) >= 11 is 0. The molecule has 0 N–H and O–H groups in total. The van der Waals surface area contributed by atoms with E-state index in [0.717, 1.165) is 12.2 Å². The Hall–Kier alpha value is -2.04. The van der Waals surface area contributed by atoms with Gasteiger partial charge in [0.1, 0.15) is 23.6 Å². The van der Waals surface area contributed by atoms with Crippen molar-refractivity contribution in [3.63, 3.8) is 0 Å². The van der Waals surface area contributed by atoms with E-state index in [9.17, 15) is 9.59 Å². The molecule has 0 unspecified atom stereocenters. The van der Waals surface area contributed by atoms with Crippen LogP contribution in [0.25, 0.3) is 0 Å². The number of esters is 2. The second-order valence-corrected chi connectivity index (χ2v) is 8.60. The molecule has 0 heterocycles. The molecule has 0 aliphatic carbocycles. The van der Waals surface area contributed by atoms with Crippen LogP contribution in [0.3, 0.4) is 0 Å². The van der Waals surface area contributed by atoms with Gasteiger partial charge in [0.25, 0.3) is 0 Å². The van der Waals surface area contributed by atoms with Crippen LogP contribution in [-0.2, 0) is 19.1 Å². The lowest BCUT2D eigenvalue weighted by molar-refractivity contribution is -0.167. The molecule has 0 aliphatic rings. The molecule has 0 amide bonds. The summed E-state index contributed by atoms with van der Waals surface area (Å²) in [5.41, 5.74) is -0.572. The first-order chi connectivity index (χ1) is 13.0. The minimum absolute atomic E-state index is 0.000829. The van der Waals surface area contributed by atoms with E-state index in [1.807, 2.05) is 51.1 Å². The smallest absolute Gasteiger partial charge is 0.309 e. The highest BCUT2D eigenvalue weighted by atomic mass is 16.6. The van der Waals surface area contributed by atoms with Crippen molar-refractivity contribution in [2.75, 3.05) is 0 Å². The zero-order chi connectivity index (χ0) is 21.3. The molecule has 0 radical (unpaired) electrons. The first kappa shape index (κ1) is 24.0. The molecule has 1 aromatic carbocycles. The van der Waals surface area contributed by atoms with Gasteiger partial charge in [-0.1, -0.05) is 52.3 Å². The monoisotopic (exact) mass is 392 g/mol. The molecular weight excluding hydrogens is 356 g/mol. The van der Waals surface area contributed by atoms with Crippen LogP contribution in [0.4, 0.5) is 0 Å². The molecule has 0 spiro atoms. The van der Waals surface area contributed by atoms with Crippen LogP contribution in [0.15, 0.2) is 30.3 Å². The summed E-state index contributed by atoms with van der Waals surface area (Å²) in [6.45, 7) is 13.3. The highest BCUT2D eigenvalue weighted by molar-refractivity contribution is 5.79. The predicted octanol–water partition coefficient (Wildman–Crippen LogP) is 5.17. The number of ether oxygens (including phenoxy) is 3. The Morgan fingerprint density at radius 3 is 2.14 bits per heavy atom. The lowest BCUT2D eigenvalue weighted by Gasteiger charge is -2.31. The molecule has 0 aromatic heterocycles. The molecule has 0 saturated heterocycles. The summed E-state index contributed by atoms with van der Waals surface area (Å²) < 4.78 is 17.3. The van der Waals surface area contributed by atoms with E-state index in [1.165, 1.54) is 0 Å². The van der Waals surface area contributed by atoms with Crippen LogP contribution in [0.5, 0.6) is 5.75 Å². The largest absolute Gasteiger partial charge is 0.486 e. The highest BCUT2D eigenvalue weighted by Crippen LogP contribution is 2.23. The van der Waals surface area contributed by atoms with Crippen molar-refractivity contribution in [2.24, 2.45) is 11.8 Å². The Bertz CT molecular complexity index is 603. The summed E-state index contributed by atoms with van der Waals surface area (Å²) in [7, 11) is 0. The van der Waals surface area contributed by atoms with E-state index in [4.69, 9.17) is 14.2 Å². The molecule has 0 bridgehead atoms.